The number of anilines is 1. The van der Waals surface area contributed by atoms with Crippen LogP contribution in [0.1, 0.15) is 35.3 Å². The summed E-state index contributed by atoms with van der Waals surface area (Å²) in [7, 11) is 0. The SMILES string of the molecule is Cc1cncc(N2C(=O)c3ccc(Cl)cc3C2(C)C)c1. The van der Waals surface area contributed by atoms with Crippen LogP contribution in [-0.2, 0) is 5.54 Å². The number of pyridine rings is 1. The predicted molar refractivity (Wildman–Crippen MR) is 80.3 cm³/mol. The fourth-order valence-corrected chi connectivity index (χ4v) is 2.98. The van der Waals surface area contributed by atoms with Crippen molar-refractivity contribution in [3.63, 3.8) is 0 Å². The number of hydrogen-bond donors (Lipinski definition) is 0. The number of benzene rings is 1. The number of amides is 1. The summed E-state index contributed by atoms with van der Waals surface area (Å²) in [6.07, 6.45) is 3.50. The fourth-order valence-electron chi connectivity index (χ4n) is 2.81. The van der Waals surface area contributed by atoms with Crippen LogP contribution >= 0.6 is 11.6 Å². The number of carbonyl (C=O) groups excluding carboxylic acids is 1. The van der Waals surface area contributed by atoms with Crippen molar-refractivity contribution in [2.24, 2.45) is 0 Å². The summed E-state index contributed by atoms with van der Waals surface area (Å²) in [6, 6.07) is 7.40. The Hall–Kier alpha value is -1.87. The lowest BCUT2D eigenvalue weighted by Crippen LogP contribution is -2.39. The van der Waals surface area contributed by atoms with E-state index in [2.05, 4.69) is 4.98 Å². The maximum absolute atomic E-state index is 12.7. The second kappa shape index (κ2) is 4.32. The highest BCUT2D eigenvalue weighted by Crippen LogP contribution is 2.42. The van der Waals surface area contributed by atoms with Crippen LogP contribution in [0.2, 0.25) is 5.02 Å². The molecule has 1 aliphatic rings. The summed E-state index contributed by atoms with van der Waals surface area (Å²) in [6.45, 7) is 6.01. The van der Waals surface area contributed by atoms with E-state index in [-0.39, 0.29) is 5.91 Å². The van der Waals surface area contributed by atoms with Crippen molar-refractivity contribution in [1.82, 2.24) is 4.98 Å². The topological polar surface area (TPSA) is 33.2 Å². The van der Waals surface area contributed by atoms with Gasteiger partial charge in [0.1, 0.15) is 0 Å². The maximum atomic E-state index is 12.7. The first-order valence-corrected chi connectivity index (χ1v) is 6.85. The van der Waals surface area contributed by atoms with Crippen LogP contribution in [0, 0.1) is 6.92 Å². The Kier molecular flexibility index (Phi) is 2.83. The molecule has 0 saturated carbocycles. The minimum atomic E-state index is -0.438. The molecule has 102 valence electrons. The second-order valence-corrected chi connectivity index (χ2v) is 6.05. The van der Waals surface area contributed by atoms with E-state index >= 15 is 0 Å². The number of nitrogens with zero attached hydrogens (tertiary/aromatic N) is 2. The van der Waals surface area contributed by atoms with Gasteiger partial charge in [0.2, 0.25) is 0 Å². The summed E-state index contributed by atoms with van der Waals surface area (Å²) < 4.78 is 0. The molecule has 0 fully saturated rings. The standard InChI is InChI=1S/C16H15ClN2O/c1-10-6-12(9-18-8-10)19-15(20)13-5-4-11(17)7-14(13)16(19,2)3/h4-9H,1-3H3. The van der Waals surface area contributed by atoms with Gasteiger partial charge < -0.3 is 0 Å². The lowest BCUT2D eigenvalue weighted by Gasteiger charge is -2.32. The Morgan fingerprint density at radius 3 is 2.65 bits per heavy atom. The third-order valence-electron chi connectivity index (χ3n) is 3.75. The summed E-state index contributed by atoms with van der Waals surface area (Å²) in [4.78, 5) is 18.7. The smallest absolute Gasteiger partial charge is 0.259 e. The van der Waals surface area contributed by atoms with Crippen LogP contribution in [0.4, 0.5) is 5.69 Å². The molecule has 0 spiro atoms. The molecule has 1 aromatic carbocycles. The van der Waals surface area contributed by atoms with E-state index in [9.17, 15) is 4.79 Å². The molecule has 0 atom stereocenters. The molecular formula is C16H15ClN2O. The normalized spacial score (nSPS) is 16.4. The molecule has 0 saturated heterocycles. The molecule has 3 rings (SSSR count). The van der Waals surface area contributed by atoms with E-state index in [0.29, 0.717) is 10.6 Å². The number of rotatable bonds is 1. The molecule has 1 aromatic heterocycles. The Morgan fingerprint density at radius 1 is 1.20 bits per heavy atom. The van der Waals surface area contributed by atoms with Crippen molar-refractivity contribution in [3.8, 4) is 0 Å². The molecule has 20 heavy (non-hydrogen) atoms. The number of aromatic nitrogens is 1. The van der Waals surface area contributed by atoms with Crippen LogP contribution in [0.5, 0.6) is 0 Å². The van der Waals surface area contributed by atoms with Crippen LogP contribution in [0.25, 0.3) is 0 Å². The zero-order chi connectivity index (χ0) is 14.5. The van der Waals surface area contributed by atoms with Crippen molar-refractivity contribution in [2.75, 3.05) is 4.90 Å². The Balaban J connectivity index is 2.18. The van der Waals surface area contributed by atoms with E-state index in [0.717, 1.165) is 16.8 Å². The third-order valence-corrected chi connectivity index (χ3v) is 3.99. The predicted octanol–water partition coefficient (Wildman–Crippen LogP) is 3.94. The molecule has 0 N–H and O–H groups in total. The van der Waals surface area contributed by atoms with E-state index in [4.69, 9.17) is 11.6 Å². The van der Waals surface area contributed by atoms with Gasteiger partial charge in [-0.1, -0.05) is 11.6 Å². The fraction of sp³-hybridized carbons (Fsp3) is 0.250. The number of fused-ring (bicyclic) bond motifs is 1. The average Bonchev–Trinajstić information content (AvgIpc) is 2.57. The number of carbonyl (C=O) groups is 1. The lowest BCUT2D eigenvalue weighted by atomic mass is 9.93. The van der Waals surface area contributed by atoms with Crippen LogP contribution < -0.4 is 4.90 Å². The van der Waals surface area contributed by atoms with Crippen molar-refractivity contribution in [2.45, 2.75) is 26.3 Å². The van der Waals surface area contributed by atoms with Crippen molar-refractivity contribution in [3.05, 3.63) is 58.4 Å². The van der Waals surface area contributed by atoms with Crippen LogP contribution in [0.15, 0.2) is 36.7 Å². The summed E-state index contributed by atoms with van der Waals surface area (Å²) >= 11 is 6.08. The van der Waals surface area contributed by atoms with Crippen molar-refractivity contribution < 1.29 is 4.79 Å². The first-order chi connectivity index (χ1) is 9.41. The van der Waals surface area contributed by atoms with Crippen LogP contribution in [-0.4, -0.2) is 10.9 Å². The zero-order valence-corrected chi connectivity index (χ0v) is 12.4. The highest BCUT2D eigenvalue weighted by Gasteiger charge is 2.43. The van der Waals surface area contributed by atoms with E-state index in [1.165, 1.54) is 0 Å². The molecule has 0 unspecified atom stereocenters. The van der Waals surface area contributed by atoms with Gasteiger partial charge in [-0.2, -0.15) is 0 Å². The van der Waals surface area contributed by atoms with Gasteiger partial charge in [0, 0.05) is 16.8 Å². The monoisotopic (exact) mass is 286 g/mol. The van der Waals surface area contributed by atoms with Gasteiger partial charge in [-0.15, -0.1) is 0 Å². The minimum absolute atomic E-state index is 0.00549. The highest BCUT2D eigenvalue weighted by molar-refractivity contribution is 6.31. The third kappa shape index (κ3) is 1.81. The first kappa shape index (κ1) is 13.1. The molecule has 1 amide bonds. The number of aryl methyl sites for hydroxylation is 1. The maximum Gasteiger partial charge on any atom is 0.259 e. The van der Waals surface area contributed by atoms with Gasteiger partial charge in [0.05, 0.1) is 17.4 Å². The molecule has 0 bridgehead atoms. The van der Waals surface area contributed by atoms with Gasteiger partial charge >= 0.3 is 0 Å². The largest absolute Gasteiger partial charge is 0.297 e. The summed E-state index contributed by atoms with van der Waals surface area (Å²) in [5, 5.41) is 0.647. The molecule has 0 radical (unpaired) electrons. The van der Waals surface area contributed by atoms with E-state index in [1.807, 2.05) is 32.9 Å². The molecular weight excluding hydrogens is 272 g/mol. The molecule has 2 aromatic rings. The van der Waals surface area contributed by atoms with Crippen LogP contribution in [0.3, 0.4) is 0 Å². The van der Waals surface area contributed by atoms with Gasteiger partial charge in [-0.25, -0.2) is 0 Å². The van der Waals surface area contributed by atoms with Gasteiger partial charge in [0.15, 0.2) is 0 Å². The first-order valence-electron chi connectivity index (χ1n) is 6.47. The van der Waals surface area contributed by atoms with Gasteiger partial charge in [-0.05, 0) is 56.2 Å². The Labute approximate surface area is 123 Å². The number of hydrogen-bond acceptors (Lipinski definition) is 2. The summed E-state index contributed by atoms with van der Waals surface area (Å²) in [5.41, 5.74) is 3.07. The second-order valence-electron chi connectivity index (χ2n) is 5.61. The zero-order valence-electron chi connectivity index (χ0n) is 11.6. The molecule has 4 heteroatoms. The van der Waals surface area contributed by atoms with Crippen molar-refractivity contribution in [1.29, 1.82) is 0 Å². The van der Waals surface area contributed by atoms with E-state index in [1.54, 1.807) is 29.4 Å². The molecule has 2 heterocycles. The van der Waals surface area contributed by atoms with E-state index < -0.39 is 5.54 Å². The lowest BCUT2D eigenvalue weighted by molar-refractivity contribution is 0.0982. The van der Waals surface area contributed by atoms with Gasteiger partial charge in [-0.3, -0.25) is 14.7 Å². The average molecular weight is 287 g/mol. The summed E-state index contributed by atoms with van der Waals surface area (Å²) in [5.74, 6) is -0.00549. The number of halogens is 1. The van der Waals surface area contributed by atoms with Crippen molar-refractivity contribution >= 4 is 23.2 Å². The minimum Gasteiger partial charge on any atom is -0.297 e. The highest BCUT2D eigenvalue weighted by atomic mass is 35.5. The Morgan fingerprint density at radius 2 is 1.95 bits per heavy atom. The molecule has 0 aliphatic carbocycles. The van der Waals surface area contributed by atoms with Gasteiger partial charge in [0.25, 0.3) is 5.91 Å². The molecule has 3 nitrogen and oxygen atoms in total. The Bertz CT molecular complexity index is 709. The quantitative estimate of drug-likeness (QED) is 0.795. The molecule has 1 aliphatic heterocycles.